The molecule has 0 saturated heterocycles. The molecule has 6 nitrogen and oxygen atoms in total. The Bertz CT molecular complexity index is 442. The van der Waals surface area contributed by atoms with E-state index in [2.05, 4.69) is 14.8 Å². The minimum Gasteiger partial charge on any atom is -0.338 e. The highest BCUT2D eigenvalue weighted by Gasteiger charge is 2.22. The van der Waals surface area contributed by atoms with Crippen molar-refractivity contribution < 1.29 is 4.79 Å². The van der Waals surface area contributed by atoms with Gasteiger partial charge in [-0.05, 0) is 25.8 Å². The summed E-state index contributed by atoms with van der Waals surface area (Å²) in [5.41, 5.74) is 5.48. The molecule has 0 radical (unpaired) electrons. The van der Waals surface area contributed by atoms with E-state index in [9.17, 15) is 4.79 Å². The van der Waals surface area contributed by atoms with Gasteiger partial charge in [0.2, 0.25) is 5.91 Å². The smallest absolute Gasteiger partial charge is 0.225 e. The zero-order valence-electron chi connectivity index (χ0n) is 11.8. The monoisotopic (exact) mass is 265 g/mol. The quantitative estimate of drug-likeness (QED) is 0.815. The molecular weight excluding hydrogens is 242 g/mol. The number of nitrogens with two attached hydrogens (primary N) is 1. The summed E-state index contributed by atoms with van der Waals surface area (Å²) < 4.78 is 2.13. The standard InChI is InChI=1S/C13H23N5O/c1-10(5-3-7-14)13(19)17(2)9-12-16-15-11-6-4-8-18(11)12/h10H,3-9,14H2,1-2H3. The van der Waals surface area contributed by atoms with Crippen molar-refractivity contribution in [3.63, 3.8) is 0 Å². The molecule has 1 aromatic heterocycles. The Labute approximate surface area is 114 Å². The fourth-order valence-electron chi connectivity index (χ4n) is 2.54. The summed E-state index contributed by atoms with van der Waals surface area (Å²) in [7, 11) is 1.83. The second kappa shape index (κ2) is 6.14. The molecule has 0 aromatic carbocycles. The van der Waals surface area contributed by atoms with E-state index in [1.165, 1.54) is 0 Å². The molecule has 0 bridgehead atoms. The number of carbonyl (C=O) groups is 1. The third-order valence-electron chi connectivity index (χ3n) is 3.70. The molecule has 1 aliphatic rings. The van der Waals surface area contributed by atoms with Crippen molar-refractivity contribution in [2.75, 3.05) is 13.6 Å². The highest BCUT2D eigenvalue weighted by Crippen LogP contribution is 2.16. The van der Waals surface area contributed by atoms with Crippen LogP contribution in [0.15, 0.2) is 0 Å². The Kier molecular flexibility index (Phi) is 4.52. The molecule has 0 fully saturated rings. The molecular formula is C13H23N5O. The molecule has 1 atom stereocenters. The molecule has 106 valence electrons. The highest BCUT2D eigenvalue weighted by atomic mass is 16.2. The van der Waals surface area contributed by atoms with E-state index >= 15 is 0 Å². The molecule has 2 heterocycles. The molecule has 0 spiro atoms. The molecule has 2 rings (SSSR count). The van der Waals surface area contributed by atoms with Crippen LogP contribution in [-0.4, -0.2) is 39.2 Å². The Hall–Kier alpha value is -1.43. The van der Waals surface area contributed by atoms with Gasteiger partial charge in [-0.1, -0.05) is 6.92 Å². The van der Waals surface area contributed by atoms with Crippen molar-refractivity contribution in [2.24, 2.45) is 11.7 Å². The first-order valence-corrected chi connectivity index (χ1v) is 6.99. The Morgan fingerprint density at radius 1 is 1.53 bits per heavy atom. The van der Waals surface area contributed by atoms with Gasteiger partial charge in [-0.15, -0.1) is 10.2 Å². The normalized spacial score (nSPS) is 15.3. The fraction of sp³-hybridized carbons (Fsp3) is 0.769. The summed E-state index contributed by atoms with van der Waals surface area (Å²) in [6.45, 7) is 4.11. The van der Waals surface area contributed by atoms with Gasteiger partial charge in [0.05, 0.1) is 6.54 Å². The SMILES string of the molecule is CC(CCCN)C(=O)N(C)Cc1nnc2n1CCC2. The minimum absolute atomic E-state index is 0.0227. The third kappa shape index (κ3) is 3.12. The number of nitrogens with zero attached hydrogens (tertiary/aromatic N) is 4. The number of rotatable bonds is 6. The van der Waals surface area contributed by atoms with Gasteiger partial charge in [0.1, 0.15) is 5.82 Å². The summed E-state index contributed by atoms with van der Waals surface area (Å²) >= 11 is 0. The zero-order chi connectivity index (χ0) is 13.8. The molecule has 1 aliphatic heterocycles. The van der Waals surface area contributed by atoms with Gasteiger partial charge < -0.3 is 15.2 Å². The molecule has 0 saturated carbocycles. The van der Waals surface area contributed by atoms with E-state index in [-0.39, 0.29) is 11.8 Å². The zero-order valence-corrected chi connectivity index (χ0v) is 11.8. The van der Waals surface area contributed by atoms with Gasteiger partial charge in [0.15, 0.2) is 5.82 Å². The minimum atomic E-state index is 0.0227. The van der Waals surface area contributed by atoms with Crippen LogP contribution in [0.5, 0.6) is 0 Å². The topological polar surface area (TPSA) is 77.0 Å². The van der Waals surface area contributed by atoms with Crippen molar-refractivity contribution in [3.8, 4) is 0 Å². The van der Waals surface area contributed by atoms with Gasteiger partial charge in [-0.25, -0.2) is 0 Å². The van der Waals surface area contributed by atoms with Gasteiger partial charge in [-0.3, -0.25) is 4.79 Å². The first-order valence-electron chi connectivity index (χ1n) is 6.99. The van der Waals surface area contributed by atoms with E-state index in [0.29, 0.717) is 13.1 Å². The number of hydrogen-bond acceptors (Lipinski definition) is 4. The molecule has 1 unspecified atom stereocenters. The van der Waals surface area contributed by atoms with Gasteiger partial charge in [0.25, 0.3) is 0 Å². The van der Waals surface area contributed by atoms with Crippen LogP contribution >= 0.6 is 0 Å². The number of amides is 1. The lowest BCUT2D eigenvalue weighted by Gasteiger charge is -2.21. The van der Waals surface area contributed by atoms with Crippen LogP contribution in [0.3, 0.4) is 0 Å². The van der Waals surface area contributed by atoms with Crippen LogP contribution < -0.4 is 5.73 Å². The molecule has 1 amide bonds. The van der Waals surface area contributed by atoms with Crippen molar-refractivity contribution in [1.29, 1.82) is 0 Å². The Morgan fingerprint density at radius 2 is 2.32 bits per heavy atom. The predicted octanol–water partition coefficient (Wildman–Crippen LogP) is 0.558. The van der Waals surface area contributed by atoms with Crippen LogP contribution in [0, 0.1) is 5.92 Å². The number of aryl methyl sites for hydroxylation is 1. The Balaban J connectivity index is 1.93. The lowest BCUT2D eigenvalue weighted by Crippen LogP contribution is -2.32. The number of aromatic nitrogens is 3. The number of fused-ring (bicyclic) bond motifs is 1. The van der Waals surface area contributed by atoms with Crippen molar-refractivity contribution >= 4 is 5.91 Å². The van der Waals surface area contributed by atoms with E-state index in [1.54, 1.807) is 4.90 Å². The number of carbonyl (C=O) groups excluding carboxylic acids is 1. The second-order valence-corrected chi connectivity index (χ2v) is 5.31. The average Bonchev–Trinajstić information content (AvgIpc) is 2.99. The molecule has 2 N–H and O–H groups in total. The summed E-state index contributed by atoms with van der Waals surface area (Å²) in [5.74, 6) is 2.12. The van der Waals surface area contributed by atoms with E-state index in [1.807, 2.05) is 14.0 Å². The van der Waals surface area contributed by atoms with Crippen LogP contribution in [0.1, 0.15) is 37.8 Å². The maximum Gasteiger partial charge on any atom is 0.225 e. The lowest BCUT2D eigenvalue weighted by atomic mass is 10.0. The maximum atomic E-state index is 12.2. The van der Waals surface area contributed by atoms with Crippen molar-refractivity contribution in [2.45, 2.75) is 45.7 Å². The van der Waals surface area contributed by atoms with Gasteiger partial charge >= 0.3 is 0 Å². The lowest BCUT2D eigenvalue weighted by molar-refractivity contribution is -0.134. The molecule has 1 aromatic rings. The molecule has 0 aliphatic carbocycles. The molecule has 6 heteroatoms. The molecule has 19 heavy (non-hydrogen) atoms. The maximum absolute atomic E-state index is 12.2. The first-order chi connectivity index (χ1) is 9.13. The van der Waals surface area contributed by atoms with E-state index in [4.69, 9.17) is 5.73 Å². The summed E-state index contributed by atoms with van der Waals surface area (Å²) in [6.07, 6.45) is 3.86. The van der Waals surface area contributed by atoms with Gasteiger partial charge in [0, 0.05) is 25.9 Å². The number of hydrogen-bond donors (Lipinski definition) is 1. The summed E-state index contributed by atoms with van der Waals surface area (Å²) in [6, 6.07) is 0. The van der Waals surface area contributed by atoms with Crippen molar-refractivity contribution in [3.05, 3.63) is 11.6 Å². The predicted molar refractivity (Wildman–Crippen MR) is 72.3 cm³/mol. The van der Waals surface area contributed by atoms with Crippen LogP contribution in [-0.2, 0) is 24.3 Å². The van der Waals surface area contributed by atoms with Gasteiger partial charge in [-0.2, -0.15) is 0 Å². The first kappa shape index (κ1) is 14.0. The fourth-order valence-corrected chi connectivity index (χ4v) is 2.54. The van der Waals surface area contributed by atoms with E-state index in [0.717, 1.165) is 43.9 Å². The van der Waals surface area contributed by atoms with Crippen LogP contribution in [0.2, 0.25) is 0 Å². The second-order valence-electron chi connectivity index (χ2n) is 5.31. The Morgan fingerprint density at radius 3 is 3.05 bits per heavy atom. The third-order valence-corrected chi connectivity index (χ3v) is 3.70. The average molecular weight is 265 g/mol. The summed E-state index contributed by atoms with van der Waals surface area (Å²) in [4.78, 5) is 13.9. The highest BCUT2D eigenvalue weighted by molar-refractivity contribution is 5.78. The largest absolute Gasteiger partial charge is 0.338 e. The van der Waals surface area contributed by atoms with Crippen molar-refractivity contribution in [1.82, 2.24) is 19.7 Å². The van der Waals surface area contributed by atoms with Crippen LogP contribution in [0.4, 0.5) is 0 Å². The summed E-state index contributed by atoms with van der Waals surface area (Å²) in [5, 5.41) is 8.34. The van der Waals surface area contributed by atoms with E-state index < -0.39 is 0 Å². The van der Waals surface area contributed by atoms with Crippen LogP contribution in [0.25, 0.3) is 0 Å².